The van der Waals surface area contributed by atoms with E-state index >= 15 is 0 Å². The number of carbonyl (C=O) groups excluding carboxylic acids is 1. The molecule has 1 aromatic carbocycles. The number of nitrogens with zero attached hydrogens (tertiary/aromatic N) is 1. The van der Waals surface area contributed by atoms with Gasteiger partial charge in [-0.1, -0.05) is 5.16 Å². The highest BCUT2D eigenvalue weighted by Crippen LogP contribution is 2.19. The van der Waals surface area contributed by atoms with E-state index in [1.807, 2.05) is 18.4 Å². The fourth-order valence-corrected chi connectivity index (χ4v) is 2.47. The minimum Gasteiger partial charge on any atom is -0.409 e. The maximum atomic E-state index is 13.5. The average molecular weight is 293 g/mol. The van der Waals surface area contributed by atoms with Gasteiger partial charge in [-0.3, -0.25) is 4.79 Å². The normalized spacial score (nSPS) is 11.4. The van der Waals surface area contributed by atoms with Crippen molar-refractivity contribution < 1.29 is 14.4 Å². The van der Waals surface area contributed by atoms with Crippen molar-refractivity contribution in [3.8, 4) is 0 Å². The average Bonchev–Trinajstić information content (AvgIpc) is 2.86. The van der Waals surface area contributed by atoms with Gasteiger partial charge in [0.05, 0.1) is 10.4 Å². The topological polar surface area (TPSA) is 87.7 Å². The molecule has 0 unspecified atom stereocenters. The first-order valence-electron chi connectivity index (χ1n) is 5.66. The van der Waals surface area contributed by atoms with Crippen molar-refractivity contribution in [3.63, 3.8) is 0 Å². The molecule has 0 bridgehead atoms. The number of oxime groups is 1. The van der Waals surface area contributed by atoms with E-state index in [4.69, 9.17) is 10.9 Å². The predicted molar refractivity (Wildman–Crippen MR) is 75.9 cm³/mol. The summed E-state index contributed by atoms with van der Waals surface area (Å²) in [6.07, 6.45) is 0. The third kappa shape index (κ3) is 2.77. The number of amidine groups is 1. The van der Waals surface area contributed by atoms with Crippen LogP contribution in [0.5, 0.6) is 0 Å². The Morgan fingerprint density at radius 1 is 1.45 bits per heavy atom. The van der Waals surface area contributed by atoms with Crippen molar-refractivity contribution >= 4 is 28.8 Å². The van der Waals surface area contributed by atoms with Crippen LogP contribution in [0.4, 0.5) is 10.1 Å². The van der Waals surface area contributed by atoms with Crippen LogP contribution in [-0.2, 0) is 0 Å². The van der Waals surface area contributed by atoms with Crippen LogP contribution in [-0.4, -0.2) is 17.0 Å². The van der Waals surface area contributed by atoms with E-state index in [1.54, 1.807) is 0 Å². The van der Waals surface area contributed by atoms with Crippen molar-refractivity contribution in [1.29, 1.82) is 0 Å². The van der Waals surface area contributed by atoms with Crippen LogP contribution in [0.15, 0.2) is 34.8 Å². The largest absolute Gasteiger partial charge is 0.409 e. The minimum atomic E-state index is -0.634. The Kier molecular flexibility index (Phi) is 3.99. The lowest BCUT2D eigenvalue weighted by atomic mass is 10.1. The molecule has 2 aromatic rings. The number of anilines is 1. The molecule has 0 fully saturated rings. The van der Waals surface area contributed by atoms with Crippen LogP contribution >= 0.6 is 11.3 Å². The van der Waals surface area contributed by atoms with E-state index in [1.165, 1.54) is 23.5 Å². The van der Waals surface area contributed by atoms with E-state index in [-0.39, 0.29) is 17.3 Å². The Morgan fingerprint density at radius 3 is 2.80 bits per heavy atom. The fourth-order valence-electron chi connectivity index (χ4n) is 1.65. The van der Waals surface area contributed by atoms with Crippen LogP contribution in [0.1, 0.15) is 20.8 Å². The van der Waals surface area contributed by atoms with E-state index in [9.17, 15) is 9.18 Å². The van der Waals surface area contributed by atoms with Crippen molar-refractivity contribution in [2.45, 2.75) is 6.92 Å². The van der Waals surface area contributed by atoms with Crippen LogP contribution in [0.2, 0.25) is 0 Å². The van der Waals surface area contributed by atoms with Gasteiger partial charge in [-0.25, -0.2) is 4.39 Å². The summed E-state index contributed by atoms with van der Waals surface area (Å²) in [4.78, 5) is 12.6. The van der Waals surface area contributed by atoms with Crippen LogP contribution in [0, 0.1) is 12.7 Å². The summed E-state index contributed by atoms with van der Waals surface area (Å²) in [7, 11) is 0. The molecule has 4 N–H and O–H groups in total. The van der Waals surface area contributed by atoms with Gasteiger partial charge >= 0.3 is 0 Å². The molecule has 0 aliphatic carbocycles. The molecule has 7 heteroatoms. The van der Waals surface area contributed by atoms with Crippen LogP contribution in [0.3, 0.4) is 0 Å². The lowest BCUT2D eigenvalue weighted by Gasteiger charge is -2.07. The Hall–Kier alpha value is -2.41. The van der Waals surface area contributed by atoms with Gasteiger partial charge in [0.1, 0.15) is 5.82 Å². The van der Waals surface area contributed by atoms with Gasteiger partial charge in [-0.05, 0) is 42.1 Å². The fraction of sp³-hybridized carbons (Fsp3) is 0.0769. The second-order valence-corrected chi connectivity index (χ2v) is 4.98. The van der Waals surface area contributed by atoms with E-state index in [0.717, 1.165) is 11.6 Å². The molecule has 5 nitrogen and oxygen atoms in total. The third-order valence-corrected chi connectivity index (χ3v) is 3.69. The number of halogens is 1. The zero-order valence-corrected chi connectivity index (χ0v) is 11.4. The number of nitrogens with two attached hydrogens (primary N) is 1. The molecular formula is C13H12FN3O2S. The summed E-state index contributed by atoms with van der Waals surface area (Å²) in [6.45, 7) is 1.83. The number of nitrogens with one attached hydrogen (secondary N) is 1. The summed E-state index contributed by atoms with van der Waals surface area (Å²) in [6, 6.07) is 5.70. The maximum Gasteiger partial charge on any atom is 0.265 e. The number of thiophene rings is 1. The molecule has 1 amide bonds. The number of rotatable bonds is 3. The molecule has 0 aliphatic rings. The minimum absolute atomic E-state index is 0.0757. The Morgan fingerprint density at radius 2 is 2.20 bits per heavy atom. The maximum absolute atomic E-state index is 13.5. The molecule has 0 saturated carbocycles. The first kappa shape index (κ1) is 14.0. The van der Waals surface area contributed by atoms with Crippen molar-refractivity contribution in [2.24, 2.45) is 10.9 Å². The predicted octanol–water partition coefficient (Wildman–Crippen LogP) is 2.54. The van der Waals surface area contributed by atoms with E-state index in [0.29, 0.717) is 10.6 Å². The first-order chi connectivity index (χ1) is 9.52. The zero-order chi connectivity index (χ0) is 14.7. The molecule has 0 aliphatic heterocycles. The number of amides is 1. The molecule has 1 aromatic heterocycles. The Bertz CT molecular complexity index is 682. The van der Waals surface area contributed by atoms with Gasteiger partial charge in [-0.2, -0.15) is 0 Å². The number of benzene rings is 1. The molecule has 0 atom stereocenters. The molecule has 0 saturated heterocycles. The Labute approximate surface area is 118 Å². The number of aryl methyl sites for hydroxylation is 1. The molecule has 0 radical (unpaired) electrons. The van der Waals surface area contributed by atoms with Gasteiger partial charge in [0, 0.05) is 5.69 Å². The second-order valence-electron chi connectivity index (χ2n) is 4.07. The molecule has 2 rings (SSSR count). The molecular weight excluding hydrogens is 281 g/mol. The van der Waals surface area contributed by atoms with Crippen molar-refractivity contribution in [2.75, 3.05) is 5.32 Å². The Balaban J connectivity index is 2.27. The van der Waals surface area contributed by atoms with E-state index < -0.39 is 5.82 Å². The number of carbonyl (C=O) groups is 1. The van der Waals surface area contributed by atoms with Crippen LogP contribution < -0.4 is 11.1 Å². The summed E-state index contributed by atoms with van der Waals surface area (Å²) < 4.78 is 13.5. The standard InChI is InChI=1S/C13H12FN3O2S/c1-7-4-5-20-11(7)13(18)16-8-2-3-10(14)9(6-8)12(15)17-19/h2-6,19H,1H3,(H2,15,17)(H,16,18). The monoisotopic (exact) mass is 293 g/mol. The van der Waals surface area contributed by atoms with Crippen molar-refractivity contribution in [3.05, 3.63) is 51.5 Å². The van der Waals surface area contributed by atoms with Gasteiger partial charge in [0.25, 0.3) is 5.91 Å². The summed E-state index contributed by atoms with van der Waals surface area (Å²) in [5.74, 6) is -1.27. The molecule has 1 heterocycles. The van der Waals surface area contributed by atoms with Crippen LogP contribution in [0.25, 0.3) is 0 Å². The van der Waals surface area contributed by atoms with Gasteiger partial charge < -0.3 is 16.3 Å². The number of hydrogen-bond acceptors (Lipinski definition) is 4. The molecule has 104 valence electrons. The molecule has 20 heavy (non-hydrogen) atoms. The second kappa shape index (κ2) is 5.70. The molecule has 0 spiro atoms. The zero-order valence-electron chi connectivity index (χ0n) is 10.6. The van der Waals surface area contributed by atoms with Gasteiger partial charge in [0.15, 0.2) is 5.84 Å². The number of hydrogen-bond donors (Lipinski definition) is 3. The lowest BCUT2D eigenvalue weighted by Crippen LogP contribution is -2.17. The first-order valence-corrected chi connectivity index (χ1v) is 6.53. The summed E-state index contributed by atoms with van der Waals surface area (Å²) in [5, 5.41) is 15.8. The summed E-state index contributed by atoms with van der Waals surface area (Å²) >= 11 is 1.32. The lowest BCUT2D eigenvalue weighted by molar-refractivity contribution is 0.103. The third-order valence-electron chi connectivity index (χ3n) is 2.68. The highest BCUT2D eigenvalue weighted by molar-refractivity contribution is 7.12. The van der Waals surface area contributed by atoms with E-state index in [2.05, 4.69) is 10.5 Å². The van der Waals surface area contributed by atoms with Gasteiger partial charge in [0.2, 0.25) is 0 Å². The highest BCUT2D eigenvalue weighted by Gasteiger charge is 2.13. The summed E-state index contributed by atoms with van der Waals surface area (Å²) in [5.41, 5.74) is 6.52. The van der Waals surface area contributed by atoms with Crippen molar-refractivity contribution in [1.82, 2.24) is 0 Å². The SMILES string of the molecule is Cc1ccsc1C(=O)Nc1ccc(F)c(C(N)=NO)c1. The smallest absolute Gasteiger partial charge is 0.265 e. The highest BCUT2D eigenvalue weighted by atomic mass is 32.1. The van der Waals surface area contributed by atoms with Gasteiger partial charge in [-0.15, -0.1) is 11.3 Å². The quantitative estimate of drug-likeness (QED) is 0.352.